The molecule has 2 aromatic heterocycles. The molecule has 1 atom stereocenters. The molecule has 0 fully saturated rings. The van der Waals surface area contributed by atoms with Crippen LogP contribution in [0, 0.1) is 0 Å². The number of carbonyl (C=O) groups is 2. The van der Waals surface area contributed by atoms with Gasteiger partial charge < -0.3 is 14.6 Å². The molecule has 4 rings (SSSR count). The first kappa shape index (κ1) is 18.8. The second-order valence-electron chi connectivity index (χ2n) is 6.39. The number of carbonyl (C=O) groups excluding carboxylic acids is 2. The lowest BCUT2D eigenvalue weighted by molar-refractivity contribution is -0.153. The van der Waals surface area contributed by atoms with Crippen LogP contribution in [0.1, 0.15) is 11.1 Å². The molecule has 0 saturated heterocycles. The van der Waals surface area contributed by atoms with Crippen molar-refractivity contribution in [1.29, 1.82) is 0 Å². The van der Waals surface area contributed by atoms with Gasteiger partial charge in [0.25, 0.3) is 0 Å². The zero-order chi connectivity index (χ0) is 19.7. The molecule has 0 aliphatic carbocycles. The zero-order valence-electron chi connectivity index (χ0n) is 15.0. The number of imidazole rings is 1. The SMILES string of the molecule is COC(=O)[C@@H]1Cc2ccccc2CN1C(=O)CSc1nc2ncc(Cl)cc2[nH]1. The lowest BCUT2D eigenvalue weighted by atomic mass is 9.94. The van der Waals surface area contributed by atoms with Gasteiger partial charge in [-0.3, -0.25) is 4.79 Å². The van der Waals surface area contributed by atoms with Crippen molar-refractivity contribution in [3.63, 3.8) is 0 Å². The number of fused-ring (bicyclic) bond motifs is 2. The number of aromatic amines is 1. The van der Waals surface area contributed by atoms with Crippen LogP contribution in [0.25, 0.3) is 11.2 Å². The van der Waals surface area contributed by atoms with Crippen molar-refractivity contribution in [2.24, 2.45) is 0 Å². The summed E-state index contributed by atoms with van der Waals surface area (Å²) < 4.78 is 4.92. The predicted octanol–water partition coefficient (Wildman–Crippen LogP) is 2.83. The van der Waals surface area contributed by atoms with Gasteiger partial charge in [0.2, 0.25) is 5.91 Å². The molecule has 1 amide bonds. The summed E-state index contributed by atoms with van der Waals surface area (Å²) in [6, 6.07) is 8.93. The molecular formula is C19H17ClN4O3S. The fraction of sp³-hybridized carbons (Fsp3) is 0.263. The third kappa shape index (κ3) is 3.70. The van der Waals surface area contributed by atoms with Crippen molar-refractivity contribution in [1.82, 2.24) is 19.9 Å². The monoisotopic (exact) mass is 416 g/mol. The maximum Gasteiger partial charge on any atom is 0.328 e. The number of hydrogen-bond donors (Lipinski definition) is 1. The van der Waals surface area contributed by atoms with E-state index in [0.717, 1.165) is 11.1 Å². The summed E-state index contributed by atoms with van der Waals surface area (Å²) in [5.74, 6) is -0.416. The van der Waals surface area contributed by atoms with E-state index in [9.17, 15) is 9.59 Å². The third-order valence-corrected chi connectivity index (χ3v) is 5.72. The number of nitrogens with zero attached hydrogens (tertiary/aromatic N) is 3. The zero-order valence-corrected chi connectivity index (χ0v) is 16.6. The largest absolute Gasteiger partial charge is 0.467 e. The Balaban J connectivity index is 1.50. The van der Waals surface area contributed by atoms with Gasteiger partial charge in [0.05, 0.1) is 23.4 Å². The fourth-order valence-corrected chi connectivity index (χ4v) is 4.18. The fourth-order valence-electron chi connectivity index (χ4n) is 3.27. The van der Waals surface area contributed by atoms with Gasteiger partial charge in [-0.1, -0.05) is 47.6 Å². The quantitative estimate of drug-likeness (QED) is 0.519. The highest BCUT2D eigenvalue weighted by atomic mass is 35.5. The molecule has 1 aliphatic rings. The van der Waals surface area contributed by atoms with Crippen molar-refractivity contribution in [3.8, 4) is 0 Å². The molecule has 144 valence electrons. The number of amides is 1. The summed E-state index contributed by atoms with van der Waals surface area (Å²) in [5.41, 5.74) is 3.36. The van der Waals surface area contributed by atoms with Crippen LogP contribution in [0.4, 0.5) is 0 Å². The molecule has 3 aromatic rings. The normalized spacial score (nSPS) is 16.1. The van der Waals surface area contributed by atoms with Gasteiger partial charge in [-0.25, -0.2) is 14.8 Å². The van der Waals surface area contributed by atoms with E-state index in [0.29, 0.717) is 34.3 Å². The number of aromatic nitrogens is 3. The number of nitrogens with one attached hydrogen (secondary N) is 1. The second-order valence-corrected chi connectivity index (χ2v) is 7.79. The molecular weight excluding hydrogens is 400 g/mol. The lowest BCUT2D eigenvalue weighted by Crippen LogP contribution is -2.49. The van der Waals surface area contributed by atoms with Gasteiger partial charge in [-0.15, -0.1) is 0 Å². The van der Waals surface area contributed by atoms with Gasteiger partial charge in [0, 0.05) is 19.2 Å². The average molecular weight is 417 g/mol. The van der Waals surface area contributed by atoms with Crippen molar-refractivity contribution < 1.29 is 14.3 Å². The van der Waals surface area contributed by atoms with Gasteiger partial charge in [-0.2, -0.15) is 0 Å². The lowest BCUT2D eigenvalue weighted by Gasteiger charge is -2.35. The molecule has 7 nitrogen and oxygen atoms in total. The third-order valence-electron chi connectivity index (χ3n) is 4.66. The molecule has 1 aromatic carbocycles. The highest BCUT2D eigenvalue weighted by Gasteiger charge is 2.35. The standard InChI is InChI=1S/C19H17ClN4O3S/c1-27-18(26)15-6-11-4-2-3-5-12(11)9-24(15)16(25)10-28-19-22-14-7-13(20)8-21-17(14)23-19/h2-5,7-8,15H,6,9-10H2,1H3,(H,21,22,23)/t15-/m0/s1. The first-order valence-electron chi connectivity index (χ1n) is 8.63. The number of pyridine rings is 1. The van der Waals surface area contributed by atoms with E-state index in [2.05, 4.69) is 15.0 Å². The summed E-state index contributed by atoms with van der Waals surface area (Å²) in [7, 11) is 1.34. The minimum atomic E-state index is -0.621. The number of ether oxygens (including phenoxy) is 1. The topological polar surface area (TPSA) is 88.2 Å². The van der Waals surface area contributed by atoms with Crippen molar-refractivity contribution in [2.45, 2.75) is 24.2 Å². The number of hydrogen-bond acceptors (Lipinski definition) is 6. The number of thioether (sulfide) groups is 1. The maximum atomic E-state index is 12.9. The minimum Gasteiger partial charge on any atom is -0.467 e. The van der Waals surface area contributed by atoms with Gasteiger partial charge >= 0.3 is 5.97 Å². The first-order valence-corrected chi connectivity index (χ1v) is 9.99. The summed E-state index contributed by atoms with van der Waals surface area (Å²) in [5, 5.41) is 1.09. The van der Waals surface area contributed by atoms with E-state index in [-0.39, 0.29) is 11.7 Å². The van der Waals surface area contributed by atoms with E-state index < -0.39 is 12.0 Å². The summed E-state index contributed by atoms with van der Waals surface area (Å²) >= 11 is 7.20. The Kier molecular flexibility index (Phi) is 5.23. The highest BCUT2D eigenvalue weighted by molar-refractivity contribution is 7.99. The summed E-state index contributed by atoms with van der Waals surface area (Å²) in [4.78, 5) is 38.3. The van der Waals surface area contributed by atoms with Crippen LogP contribution >= 0.6 is 23.4 Å². The Morgan fingerprint density at radius 1 is 1.36 bits per heavy atom. The van der Waals surface area contributed by atoms with E-state index in [1.165, 1.54) is 25.1 Å². The van der Waals surface area contributed by atoms with Crippen LogP contribution in [0.2, 0.25) is 5.02 Å². The molecule has 1 N–H and O–H groups in total. The average Bonchev–Trinajstić information content (AvgIpc) is 3.12. The number of H-pyrrole nitrogens is 1. The summed E-state index contributed by atoms with van der Waals surface area (Å²) in [6.07, 6.45) is 1.97. The molecule has 0 unspecified atom stereocenters. The molecule has 28 heavy (non-hydrogen) atoms. The number of halogens is 1. The van der Waals surface area contributed by atoms with Gasteiger partial charge in [0.1, 0.15) is 6.04 Å². The Bertz CT molecular complexity index is 1050. The van der Waals surface area contributed by atoms with Crippen molar-refractivity contribution in [3.05, 3.63) is 52.7 Å². The Morgan fingerprint density at radius 2 is 2.14 bits per heavy atom. The molecule has 9 heteroatoms. The number of esters is 1. The number of methoxy groups -OCH3 is 1. The highest BCUT2D eigenvalue weighted by Crippen LogP contribution is 2.26. The van der Waals surface area contributed by atoms with E-state index in [1.807, 2.05) is 24.3 Å². The van der Waals surface area contributed by atoms with E-state index in [1.54, 1.807) is 11.0 Å². The van der Waals surface area contributed by atoms with Crippen LogP contribution in [-0.4, -0.2) is 50.6 Å². The predicted molar refractivity (Wildman–Crippen MR) is 106 cm³/mol. The number of benzene rings is 1. The smallest absolute Gasteiger partial charge is 0.328 e. The molecule has 0 saturated carbocycles. The van der Waals surface area contributed by atoms with Crippen LogP contribution in [-0.2, 0) is 27.3 Å². The van der Waals surface area contributed by atoms with Crippen LogP contribution in [0.15, 0.2) is 41.7 Å². The molecule has 0 bridgehead atoms. The van der Waals surface area contributed by atoms with Gasteiger partial charge in [-0.05, 0) is 17.2 Å². The first-order chi connectivity index (χ1) is 13.5. The Morgan fingerprint density at radius 3 is 2.93 bits per heavy atom. The number of rotatable bonds is 4. The molecule has 0 spiro atoms. The van der Waals surface area contributed by atoms with Crippen molar-refractivity contribution in [2.75, 3.05) is 12.9 Å². The van der Waals surface area contributed by atoms with Crippen molar-refractivity contribution >= 4 is 46.4 Å². The molecule has 1 aliphatic heterocycles. The van der Waals surface area contributed by atoms with Crippen LogP contribution in [0.3, 0.4) is 0 Å². The van der Waals surface area contributed by atoms with E-state index in [4.69, 9.17) is 16.3 Å². The summed E-state index contributed by atoms with van der Waals surface area (Å²) in [6.45, 7) is 0.382. The molecule has 0 radical (unpaired) electrons. The van der Waals surface area contributed by atoms with Gasteiger partial charge in [0.15, 0.2) is 10.8 Å². The Labute approximate surface area is 170 Å². The molecule has 3 heterocycles. The van der Waals surface area contributed by atoms with Crippen LogP contribution in [0.5, 0.6) is 0 Å². The minimum absolute atomic E-state index is 0.142. The Hall–Kier alpha value is -2.58. The second kappa shape index (κ2) is 7.81. The van der Waals surface area contributed by atoms with Crippen LogP contribution < -0.4 is 0 Å². The maximum absolute atomic E-state index is 12.9. The van der Waals surface area contributed by atoms with E-state index >= 15 is 0 Å².